The molecule has 0 saturated heterocycles. The molecule has 1 atom stereocenters. The lowest BCUT2D eigenvalue weighted by atomic mass is 10.1. The molecule has 8 nitrogen and oxygen atoms in total. The highest BCUT2D eigenvalue weighted by Gasteiger charge is 2.32. The molecule has 0 amide bonds. The van der Waals surface area contributed by atoms with Crippen LogP contribution in [0.4, 0.5) is 11.9 Å². The van der Waals surface area contributed by atoms with E-state index >= 15 is 0 Å². The van der Waals surface area contributed by atoms with Gasteiger partial charge in [0.15, 0.2) is 0 Å². The Bertz CT molecular complexity index is 1360. The van der Waals surface area contributed by atoms with E-state index in [0.717, 1.165) is 16.6 Å². The number of fused-ring (bicyclic) bond motifs is 4. The summed E-state index contributed by atoms with van der Waals surface area (Å²) in [6, 6.07) is 14.8. The summed E-state index contributed by atoms with van der Waals surface area (Å²) in [7, 11) is 0. The van der Waals surface area contributed by atoms with Crippen molar-refractivity contribution >= 4 is 40.5 Å². The molecule has 2 aromatic heterocycles. The number of ether oxygens (including phenoxy) is 1. The van der Waals surface area contributed by atoms with Crippen LogP contribution in [0.2, 0.25) is 5.02 Å². The molecule has 0 saturated carbocycles. The number of rotatable bonds is 3. The molecule has 2 aromatic carbocycles. The number of aromatic nitrogens is 4. The van der Waals surface area contributed by atoms with Crippen LogP contribution in [0, 0.1) is 0 Å². The summed E-state index contributed by atoms with van der Waals surface area (Å²) in [5.41, 5.74) is 1.68. The van der Waals surface area contributed by atoms with E-state index in [9.17, 15) is 9.59 Å². The molecule has 9 heteroatoms. The second-order valence-corrected chi connectivity index (χ2v) is 7.18. The van der Waals surface area contributed by atoms with Crippen LogP contribution >= 0.6 is 11.6 Å². The van der Waals surface area contributed by atoms with Crippen molar-refractivity contribution in [2.75, 3.05) is 11.9 Å². The number of esters is 1. The fourth-order valence-corrected chi connectivity index (χ4v) is 3.90. The maximum absolute atomic E-state index is 13.4. The third kappa shape index (κ3) is 2.76. The summed E-state index contributed by atoms with van der Waals surface area (Å²) >= 11 is 6.26. The van der Waals surface area contributed by atoms with Gasteiger partial charge in [0.25, 0.3) is 5.56 Å². The normalized spacial score (nSPS) is 14.7. The van der Waals surface area contributed by atoms with Crippen molar-refractivity contribution in [2.24, 2.45) is 0 Å². The third-order valence-corrected chi connectivity index (χ3v) is 5.18. The number of halogens is 1. The van der Waals surface area contributed by atoms with Crippen molar-refractivity contribution in [3.8, 4) is 0 Å². The number of carbonyl (C=O) groups excluding carboxylic acids is 1. The highest BCUT2D eigenvalue weighted by atomic mass is 35.5. The Morgan fingerprint density at radius 1 is 1.17 bits per heavy atom. The number of nitrogens with one attached hydrogen (secondary N) is 1. The molecule has 0 spiro atoms. The van der Waals surface area contributed by atoms with Crippen LogP contribution in [-0.2, 0) is 4.74 Å². The summed E-state index contributed by atoms with van der Waals surface area (Å²) in [6.07, 6.45) is 0.587. The Balaban J connectivity index is 1.82. The van der Waals surface area contributed by atoms with Gasteiger partial charge < -0.3 is 4.74 Å². The Morgan fingerprint density at radius 3 is 2.80 bits per heavy atom. The van der Waals surface area contributed by atoms with Crippen molar-refractivity contribution in [2.45, 2.75) is 13.1 Å². The van der Waals surface area contributed by atoms with Gasteiger partial charge in [0.2, 0.25) is 11.9 Å². The lowest BCUT2D eigenvalue weighted by molar-refractivity contribution is 0.0522. The molecular formula is C21H16ClN5O3. The maximum atomic E-state index is 13.4. The molecule has 1 N–H and O–H groups in total. The summed E-state index contributed by atoms with van der Waals surface area (Å²) < 4.78 is 8.36. The molecule has 0 bridgehead atoms. The SMILES string of the molecule is CCOC(=O)c1cnc2n(c1=O)C(c1cccc(Cl)c1)n1c(nc3ccccc31)N2. The zero-order chi connectivity index (χ0) is 20.8. The first kappa shape index (κ1) is 18.4. The minimum atomic E-state index is -0.712. The van der Waals surface area contributed by atoms with E-state index in [2.05, 4.69) is 15.3 Å². The van der Waals surface area contributed by atoms with E-state index in [-0.39, 0.29) is 18.1 Å². The third-order valence-electron chi connectivity index (χ3n) is 4.94. The number of anilines is 2. The molecule has 30 heavy (non-hydrogen) atoms. The summed E-state index contributed by atoms with van der Waals surface area (Å²) in [6.45, 7) is 1.84. The van der Waals surface area contributed by atoms with Crippen molar-refractivity contribution in [3.05, 3.63) is 81.2 Å². The molecule has 5 rings (SSSR count). The average Bonchev–Trinajstić information content (AvgIpc) is 3.10. The quantitative estimate of drug-likeness (QED) is 0.448. The van der Waals surface area contributed by atoms with Gasteiger partial charge in [-0.05, 0) is 36.8 Å². The maximum Gasteiger partial charge on any atom is 0.345 e. The molecule has 0 aliphatic carbocycles. The summed E-state index contributed by atoms with van der Waals surface area (Å²) in [5.74, 6) is 0.106. The van der Waals surface area contributed by atoms with Crippen LogP contribution in [0.25, 0.3) is 11.0 Å². The first-order chi connectivity index (χ1) is 14.6. The van der Waals surface area contributed by atoms with E-state index in [1.54, 1.807) is 19.1 Å². The van der Waals surface area contributed by atoms with Crippen molar-refractivity contribution in [1.29, 1.82) is 0 Å². The van der Waals surface area contributed by atoms with E-state index in [1.807, 2.05) is 41.0 Å². The molecule has 1 unspecified atom stereocenters. The number of nitrogens with zero attached hydrogens (tertiary/aromatic N) is 4. The van der Waals surface area contributed by atoms with Crippen molar-refractivity contribution in [1.82, 2.24) is 19.1 Å². The zero-order valence-electron chi connectivity index (χ0n) is 15.9. The van der Waals surface area contributed by atoms with Crippen LogP contribution in [-0.4, -0.2) is 31.7 Å². The van der Waals surface area contributed by atoms with Crippen molar-refractivity contribution in [3.63, 3.8) is 0 Å². The zero-order valence-corrected chi connectivity index (χ0v) is 16.6. The molecular weight excluding hydrogens is 406 g/mol. The van der Waals surface area contributed by atoms with E-state index in [1.165, 1.54) is 10.8 Å². The largest absolute Gasteiger partial charge is 0.462 e. The van der Waals surface area contributed by atoms with E-state index < -0.39 is 17.7 Å². The predicted octanol–water partition coefficient (Wildman–Crippen LogP) is 3.58. The lowest BCUT2D eigenvalue weighted by Crippen LogP contribution is -2.39. The minimum Gasteiger partial charge on any atom is -0.462 e. The molecule has 3 heterocycles. The monoisotopic (exact) mass is 421 g/mol. The topological polar surface area (TPSA) is 91.0 Å². The Labute approximate surface area is 175 Å². The highest BCUT2D eigenvalue weighted by Crippen LogP contribution is 2.36. The van der Waals surface area contributed by atoms with Gasteiger partial charge >= 0.3 is 5.97 Å². The Kier molecular flexibility index (Phi) is 4.29. The molecule has 0 fully saturated rings. The van der Waals surface area contributed by atoms with E-state index in [4.69, 9.17) is 16.3 Å². The fourth-order valence-electron chi connectivity index (χ4n) is 3.70. The van der Waals surface area contributed by atoms with Gasteiger partial charge in [-0.3, -0.25) is 19.2 Å². The average molecular weight is 422 g/mol. The first-order valence-electron chi connectivity index (χ1n) is 9.36. The lowest BCUT2D eigenvalue weighted by Gasteiger charge is -2.30. The summed E-state index contributed by atoms with van der Waals surface area (Å²) in [5, 5.41) is 3.63. The second-order valence-electron chi connectivity index (χ2n) is 6.74. The molecule has 1 aliphatic rings. The predicted molar refractivity (Wildman–Crippen MR) is 112 cm³/mol. The van der Waals surface area contributed by atoms with Gasteiger partial charge in [-0.15, -0.1) is 0 Å². The molecule has 150 valence electrons. The first-order valence-corrected chi connectivity index (χ1v) is 9.74. The highest BCUT2D eigenvalue weighted by molar-refractivity contribution is 6.30. The Hall–Kier alpha value is -3.65. The molecule has 0 radical (unpaired) electrons. The van der Waals surface area contributed by atoms with E-state index in [0.29, 0.717) is 11.0 Å². The standard InChI is InChI=1S/C21H16ClN5O3/c1-2-30-19(29)14-11-23-20-25-21-24-15-8-3-4-9-16(15)26(21)17(27(20)18(14)28)12-6-5-7-13(22)10-12/h3-11,17H,2H2,1H3,(H,23,24,25). The minimum absolute atomic E-state index is 0.137. The van der Waals surface area contributed by atoms with Gasteiger partial charge in [0.05, 0.1) is 23.8 Å². The number of imidazole rings is 1. The smallest absolute Gasteiger partial charge is 0.345 e. The van der Waals surface area contributed by atoms with Crippen LogP contribution in [0.3, 0.4) is 0 Å². The van der Waals surface area contributed by atoms with Crippen LogP contribution in [0.15, 0.2) is 59.5 Å². The van der Waals surface area contributed by atoms with Gasteiger partial charge in [-0.1, -0.05) is 35.9 Å². The van der Waals surface area contributed by atoms with Crippen LogP contribution < -0.4 is 10.9 Å². The van der Waals surface area contributed by atoms with Gasteiger partial charge in [-0.2, -0.15) is 0 Å². The van der Waals surface area contributed by atoms with Crippen molar-refractivity contribution < 1.29 is 9.53 Å². The number of para-hydroxylation sites is 2. The molecule has 1 aliphatic heterocycles. The number of benzene rings is 2. The fraction of sp³-hybridized carbons (Fsp3) is 0.143. The number of carbonyl (C=O) groups is 1. The molecule has 4 aromatic rings. The summed E-state index contributed by atoms with van der Waals surface area (Å²) in [4.78, 5) is 34.7. The van der Waals surface area contributed by atoms with Crippen LogP contribution in [0.5, 0.6) is 0 Å². The van der Waals surface area contributed by atoms with Gasteiger partial charge in [0, 0.05) is 5.02 Å². The number of hydrogen-bond acceptors (Lipinski definition) is 6. The van der Waals surface area contributed by atoms with Gasteiger partial charge in [0.1, 0.15) is 11.7 Å². The number of hydrogen-bond donors (Lipinski definition) is 1. The van der Waals surface area contributed by atoms with Gasteiger partial charge in [-0.25, -0.2) is 14.8 Å². The van der Waals surface area contributed by atoms with Crippen LogP contribution in [0.1, 0.15) is 29.0 Å². The Morgan fingerprint density at radius 2 is 2.00 bits per heavy atom. The second kappa shape index (κ2) is 7.00.